The Morgan fingerprint density at radius 3 is 2.42 bits per heavy atom. The number of methoxy groups -OCH3 is 1. The molecule has 1 aliphatic carbocycles. The number of benzene rings is 2. The Bertz CT molecular complexity index is 741. The van der Waals surface area contributed by atoms with Gasteiger partial charge in [-0.3, -0.25) is 9.00 Å². The summed E-state index contributed by atoms with van der Waals surface area (Å²) in [7, 11) is 0.106. The van der Waals surface area contributed by atoms with Crippen LogP contribution in [-0.2, 0) is 21.1 Å². The molecular weight excluding hydrogens is 322 g/mol. The molecule has 5 heteroatoms. The summed E-state index contributed by atoms with van der Waals surface area (Å²) < 4.78 is 17.8. The van der Waals surface area contributed by atoms with Crippen LogP contribution in [0.15, 0.2) is 59.5 Å². The first kappa shape index (κ1) is 16.7. The minimum Gasteiger partial charge on any atom is -0.495 e. The Labute approximate surface area is 144 Å². The van der Waals surface area contributed by atoms with Crippen molar-refractivity contribution in [1.82, 2.24) is 5.32 Å². The average Bonchev–Trinajstić information content (AvgIpc) is 2.58. The predicted octanol–water partition coefficient (Wildman–Crippen LogP) is 3.00. The highest BCUT2D eigenvalue weighted by Gasteiger charge is 2.40. The highest BCUT2D eigenvalue weighted by atomic mass is 32.2. The van der Waals surface area contributed by atoms with Gasteiger partial charge >= 0.3 is 0 Å². The number of amides is 1. The molecule has 1 N–H and O–H groups in total. The van der Waals surface area contributed by atoms with E-state index >= 15 is 0 Å². The first-order valence-electron chi connectivity index (χ1n) is 8.02. The smallest absolute Gasteiger partial charge is 0.233 e. The van der Waals surface area contributed by atoms with E-state index in [9.17, 15) is 9.00 Å². The lowest BCUT2D eigenvalue weighted by molar-refractivity contribution is -0.121. The molecule has 0 heterocycles. The molecule has 2 aromatic rings. The Morgan fingerprint density at radius 2 is 1.79 bits per heavy atom. The summed E-state index contributed by atoms with van der Waals surface area (Å²) in [6, 6.07) is 17.1. The van der Waals surface area contributed by atoms with Crippen LogP contribution in [0.25, 0.3) is 0 Å². The number of hydrogen-bond donors (Lipinski definition) is 1. The molecule has 2 aromatic carbocycles. The number of rotatable bonds is 6. The second kappa shape index (κ2) is 7.18. The molecule has 0 saturated heterocycles. The quantitative estimate of drug-likeness (QED) is 0.877. The van der Waals surface area contributed by atoms with E-state index in [0.29, 0.717) is 10.6 Å². The van der Waals surface area contributed by atoms with Crippen LogP contribution >= 0.6 is 0 Å². The van der Waals surface area contributed by atoms with Crippen molar-refractivity contribution in [1.29, 1.82) is 0 Å². The number of para-hydroxylation sites is 1. The van der Waals surface area contributed by atoms with Crippen molar-refractivity contribution in [2.45, 2.75) is 29.7 Å². The fourth-order valence-corrected chi connectivity index (χ4v) is 4.15. The van der Waals surface area contributed by atoms with E-state index in [1.807, 2.05) is 36.4 Å². The van der Waals surface area contributed by atoms with Gasteiger partial charge in [0.15, 0.2) is 0 Å². The molecule has 1 fully saturated rings. The Morgan fingerprint density at radius 1 is 1.12 bits per heavy atom. The molecule has 0 spiro atoms. The molecule has 24 heavy (non-hydrogen) atoms. The monoisotopic (exact) mass is 343 g/mol. The summed E-state index contributed by atoms with van der Waals surface area (Å²) in [6.07, 6.45) is 2.93. The molecule has 126 valence electrons. The lowest BCUT2D eigenvalue weighted by atomic mass is 9.72. The van der Waals surface area contributed by atoms with E-state index in [0.717, 1.165) is 24.8 Å². The highest BCUT2D eigenvalue weighted by Crippen LogP contribution is 2.41. The summed E-state index contributed by atoms with van der Waals surface area (Å²) in [5.74, 6) is 0.294. The van der Waals surface area contributed by atoms with Gasteiger partial charge in [-0.2, -0.15) is 0 Å². The minimum absolute atomic E-state index is 0.0606. The van der Waals surface area contributed by atoms with Crippen LogP contribution in [0.3, 0.4) is 0 Å². The van der Waals surface area contributed by atoms with Crippen molar-refractivity contribution in [2.75, 3.05) is 12.9 Å². The maximum absolute atomic E-state index is 12.5. The van der Waals surface area contributed by atoms with Crippen LogP contribution in [0.2, 0.25) is 0 Å². The number of carbonyl (C=O) groups is 1. The Balaban J connectivity index is 1.70. The topological polar surface area (TPSA) is 55.4 Å². The molecular formula is C19H21NO3S. The van der Waals surface area contributed by atoms with Gasteiger partial charge in [0.25, 0.3) is 0 Å². The van der Waals surface area contributed by atoms with Crippen molar-refractivity contribution in [3.05, 3.63) is 60.2 Å². The molecule has 4 nitrogen and oxygen atoms in total. The predicted molar refractivity (Wildman–Crippen MR) is 94.4 cm³/mol. The summed E-state index contributed by atoms with van der Waals surface area (Å²) in [4.78, 5) is 13.0. The molecule has 0 unspecified atom stereocenters. The van der Waals surface area contributed by atoms with Gasteiger partial charge in [-0.15, -0.1) is 0 Å². The van der Waals surface area contributed by atoms with Crippen LogP contribution in [0.4, 0.5) is 0 Å². The van der Waals surface area contributed by atoms with Crippen LogP contribution in [0, 0.1) is 0 Å². The third kappa shape index (κ3) is 3.36. The molecule has 1 saturated carbocycles. The maximum Gasteiger partial charge on any atom is 0.233 e. The third-order valence-electron chi connectivity index (χ3n) is 4.49. The van der Waals surface area contributed by atoms with Crippen molar-refractivity contribution in [3.8, 4) is 5.75 Å². The van der Waals surface area contributed by atoms with Gasteiger partial charge in [-0.05, 0) is 37.0 Å². The molecule has 3 rings (SSSR count). The zero-order valence-electron chi connectivity index (χ0n) is 13.7. The molecule has 0 aromatic heterocycles. The largest absolute Gasteiger partial charge is 0.495 e. The molecule has 1 aliphatic rings. The summed E-state index contributed by atoms with van der Waals surface area (Å²) in [5.41, 5.74) is 0.816. The van der Waals surface area contributed by atoms with Gasteiger partial charge in [0.1, 0.15) is 11.5 Å². The zero-order chi connectivity index (χ0) is 17.0. The molecule has 0 bridgehead atoms. The Hall–Kier alpha value is -2.14. The van der Waals surface area contributed by atoms with Gasteiger partial charge in [0.2, 0.25) is 5.91 Å². The number of carbonyl (C=O) groups excluding carboxylic acids is 1. The van der Waals surface area contributed by atoms with Crippen molar-refractivity contribution < 1.29 is 13.7 Å². The fraction of sp³-hybridized carbons (Fsp3) is 0.316. The number of ether oxygens (including phenoxy) is 1. The third-order valence-corrected chi connectivity index (χ3v) is 5.84. The maximum atomic E-state index is 12.5. The summed E-state index contributed by atoms with van der Waals surface area (Å²) in [6.45, 7) is 0. The lowest BCUT2D eigenvalue weighted by Gasteiger charge is -2.43. The zero-order valence-corrected chi connectivity index (χ0v) is 14.5. The van der Waals surface area contributed by atoms with Gasteiger partial charge in [-0.1, -0.05) is 42.5 Å². The lowest BCUT2D eigenvalue weighted by Crippen LogP contribution is -2.51. The molecule has 1 atom stereocenters. The van der Waals surface area contributed by atoms with Crippen molar-refractivity contribution in [2.24, 2.45) is 0 Å². The second-order valence-corrected chi connectivity index (χ2v) is 7.41. The van der Waals surface area contributed by atoms with E-state index in [-0.39, 0.29) is 17.2 Å². The molecule has 1 amide bonds. The first-order chi connectivity index (χ1) is 11.6. The normalized spacial score (nSPS) is 16.7. The van der Waals surface area contributed by atoms with Gasteiger partial charge < -0.3 is 10.1 Å². The highest BCUT2D eigenvalue weighted by molar-refractivity contribution is 7.85. The van der Waals surface area contributed by atoms with E-state index in [1.165, 1.54) is 7.11 Å². The SMILES string of the molecule is COc1ccccc1[S@](=O)CC(=O)NC1(c2ccccc2)CCC1. The standard InChI is InChI=1S/C19H21NO3S/c1-23-16-10-5-6-11-17(16)24(22)14-18(21)20-19(12-7-13-19)15-8-3-2-4-9-15/h2-6,8-11H,7,12-14H2,1H3,(H,20,21)/t24-/m1/s1. The average molecular weight is 343 g/mol. The van der Waals surface area contributed by atoms with Crippen LogP contribution in [0.5, 0.6) is 5.75 Å². The molecule has 0 aliphatic heterocycles. The van der Waals surface area contributed by atoms with Crippen LogP contribution < -0.4 is 10.1 Å². The van der Waals surface area contributed by atoms with Gasteiger partial charge in [-0.25, -0.2) is 0 Å². The van der Waals surface area contributed by atoms with Crippen LogP contribution in [-0.4, -0.2) is 23.0 Å². The fourth-order valence-electron chi connectivity index (χ4n) is 3.08. The van der Waals surface area contributed by atoms with E-state index in [4.69, 9.17) is 4.74 Å². The molecule has 0 radical (unpaired) electrons. The number of nitrogens with one attached hydrogen (secondary N) is 1. The second-order valence-electron chi connectivity index (χ2n) is 5.99. The summed E-state index contributed by atoms with van der Waals surface area (Å²) in [5, 5.41) is 3.11. The van der Waals surface area contributed by atoms with Gasteiger partial charge in [0.05, 0.1) is 28.3 Å². The van der Waals surface area contributed by atoms with Crippen molar-refractivity contribution in [3.63, 3.8) is 0 Å². The van der Waals surface area contributed by atoms with E-state index in [2.05, 4.69) is 5.32 Å². The van der Waals surface area contributed by atoms with Crippen molar-refractivity contribution >= 4 is 16.7 Å². The van der Waals surface area contributed by atoms with E-state index < -0.39 is 10.8 Å². The minimum atomic E-state index is -1.43. The Kier molecular flexibility index (Phi) is 5.00. The summed E-state index contributed by atoms with van der Waals surface area (Å²) >= 11 is 0. The van der Waals surface area contributed by atoms with Crippen LogP contribution in [0.1, 0.15) is 24.8 Å². The first-order valence-corrected chi connectivity index (χ1v) is 9.34. The number of hydrogen-bond acceptors (Lipinski definition) is 3. The van der Waals surface area contributed by atoms with Gasteiger partial charge in [0, 0.05) is 0 Å². The van der Waals surface area contributed by atoms with E-state index in [1.54, 1.807) is 18.2 Å².